The Morgan fingerprint density at radius 2 is 1.33 bits per heavy atom. The van der Waals surface area contributed by atoms with Gasteiger partial charge in [0, 0.05) is 46.1 Å². The summed E-state index contributed by atoms with van der Waals surface area (Å²) in [6.45, 7) is 6.35. The first-order chi connectivity index (χ1) is 8.75. The van der Waals surface area contributed by atoms with Crippen molar-refractivity contribution in [3.05, 3.63) is 29.8 Å². The Labute approximate surface area is 115 Å². The monoisotopic (exact) mass is 272 g/mol. The summed E-state index contributed by atoms with van der Waals surface area (Å²) in [6, 6.07) is 8.73. The molecule has 1 aliphatic rings. The Balaban J connectivity index is 0.000000659. The lowest BCUT2D eigenvalue weighted by Crippen LogP contribution is -2.42. The molecule has 1 fully saturated rings. The number of rotatable bonds is 1. The number of anilines is 1. The number of hydrogen-bond acceptors (Lipinski definition) is 5. The van der Waals surface area contributed by atoms with Gasteiger partial charge in [0.15, 0.2) is 0 Å². The van der Waals surface area contributed by atoms with E-state index in [1.165, 1.54) is 11.3 Å². The molecule has 0 unspecified atom stereocenters. The number of hydrogen-bond donors (Lipinski definition) is 3. The van der Waals surface area contributed by atoms with Crippen LogP contribution in [0.25, 0.3) is 0 Å². The molecule has 5 heteroatoms. The fraction of sp³-hybridized carbons (Fsp3) is 0.538. The molecule has 0 atom stereocenters. The molecule has 0 aromatic heterocycles. The van der Waals surface area contributed by atoms with Gasteiger partial charge < -0.3 is 15.1 Å². The van der Waals surface area contributed by atoms with Crippen LogP contribution in [0.3, 0.4) is 0 Å². The van der Waals surface area contributed by atoms with Crippen molar-refractivity contribution in [3.8, 4) is 0 Å². The molecule has 0 amide bonds. The van der Waals surface area contributed by atoms with Gasteiger partial charge in [-0.3, -0.25) is 0 Å². The lowest BCUT2D eigenvalue weighted by Gasteiger charge is -2.33. The van der Waals surface area contributed by atoms with Crippen molar-refractivity contribution >= 4 is 18.5 Å². The smallest absolute Gasteiger partial charge is 0.0367 e. The normalized spacial score (nSPS) is 15.1. The van der Waals surface area contributed by atoms with Crippen LogP contribution in [0.4, 0.5) is 5.69 Å². The summed E-state index contributed by atoms with van der Waals surface area (Å²) in [7, 11) is 2.00. The number of aliphatic hydroxyl groups is 2. The van der Waals surface area contributed by atoms with E-state index >= 15 is 0 Å². The van der Waals surface area contributed by atoms with Crippen molar-refractivity contribution < 1.29 is 10.2 Å². The maximum absolute atomic E-state index is 7.00. The lowest BCUT2D eigenvalue weighted by atomic mass is 10.2. The van der Waals surface area contributed by atoms with E-state index < -0.39 is 0 Å². The van der Waals surface area contributed by atoms with Crippen LogP contribution in [0, 0.1) is 6.92 Å². The Bertz CT molecular complexity index is 298. The van der Waals surface area contributed by atoms with Gasteiger partial charge in [0.1, 0.15) is 0 Å². The zero-order valence-electron chi connectivity index (χ0n) is 11.4. The van der Waals surface area contributed by atoms with Gasteiger partial charge in [-0.25, -0.2) is 4.31 Å². The summed E-state index contributed by atoms with van der Waals surface area (Å²) in [5.74, 6) is 0. The Hall–Kier alpha value is -0.750. The molecule has 1 saturated heterocycles. The van der Waals surface area contributed by atoms with Gasteiger partial charge in [0.2, 0.25) is 0 Å². The molecule has 0 aliphatic carbocycles. The molecule has 4 nitrogen and oxygen atoms in total. The summed E-state index contributed by atoms with van der Waals surface area (Å²) >= 11 is 4.34. The second-order valence-electron chi connectivity index (χ2n) is 3.78. The van der Waals surface area contributed by atoms with E-state index in [0.717, 1.165) is 40.4 Å². The molecule has 1 heterocycles. The van der Waals surface area contributed by atoms with E-state index in [1.807, 2.05) is 0 Å². The number of benzene rings is 1. The van der Waals surface area contributed by atoms with Crippen LogP contribution in [-0.2, 0) is 0 Å². The second-order valence-corrected chi connectivity index (χ2v) is 4.34. The van der Waals surface area contributed by atoms with Crippen LogP contribution >= 0.6 is 12.8 Å². The molecule has 0 radical (unpaired) electrons. The first kappa shape index (κ1) is 17.2. The molecular formula is C13H24N2O2S. The van der Waals surface area contributed by atoms with Crippen molar-refractivity contribution in [1.82, 2.24) is 4.31 Å². The number of piperazine rings is 1. The second kappa shape index (κ2) is 10.2. The van der Waals surface area contributed by atoms with Gasteiger partial charge in [-0.15, -0.1) is 0 Å². The molecule has 1 aliphatic heterocycles. The largest absolute Gasteiger partial charge is 0.400 e. The summed E-state index contributed by atoms with van der Waals surface area (Å²) < 4.78 is 2.07. The van der Waals surface area contributed by atoms with E-state index in [4.69, 9.17) is 10.2 Å². The quantitative estimate of drug-likeness (QED) is 0.672. The summed E-state index contributed by atoms with van der Waals surface area (Å²) in [4.78, 5) is 2.41. The molecule has 0 spiro atoms. The summed E-state index contributed by atoms with van der Waals surface area (Å²) in [5, 5.41) is 14.0. The van der Waals surface area contributed by atoms with Crippen molar-refractivity contribution in [2.24, 2.45) is 0 Å². The minimum absolute atomic E-state index is 1.00. The van der Waals surface area contributed by atoms with E-state index in [0.29, 0.717) is 0 Å². The maximum Gasteiger partial charge on any atom is 0.0367 e. The third-order valence-electron chi connectivity index (χ3n) is 2.66. The highest BCUT2D eigenvalue weighted by molar-refractivity contribution is 7.77. The lowest BCUT2D eigenvalue weighted by molar-refractivity contribution is 0.399. The Kier molecular flexibility index (Phi) is 9.77. The standard InChI is InChI=1S/C11H16N2S.2CH4O/c1-10-2-4-11(5-3-10)12-6-8-13(14)9-7-12;2*1-2/h2-5,14H,6-9H2,1H3;2*2H,1H3. The van der Waals surface area contributed by atoms with Crippen LogP contribution in [0.5, 0.6) is 0 Å². The molecule has 0 saturated carbocycles. The first-order valence-corrected chi connectivity index (χ1v) is 6.30. The van der Waals surface area contributed by atoms with Crippen LogP contribution in [0.2, 0.25) is 0 Å². The van der Waals surface area contributed by atoms with Crippen LogP contribution in [0.15, 0.2) is 24.3 Å². The third-order valence-corrected chi connectivity index (χ3v) is 3.06. The number of aliphatic hydroxyl groups excluding tert-OH is 2. The Morgan fingerprint density at radius 3 is 1.78 bits per heavy atom. The molecule has 104 valence electrons. The molecular weight excluding hydrogens is 248 g/mol. The zero-order chi connectivity index (χ0) is 14.0. The van der Waals surface area contributed by atoms with Gasteiger partial charge >= 0.3 is 0 Å². The van der Waals surface area contributed by atoms with Crippen LogP contribution in [-0.4, -0.2) is 54.9 Å². The summed E-state index contributed by atoms with van der Waals surface area (Å²) in [5.41, 5.74) is 2.65. The highest BCUT2D eigenvalue weighted by Crippen LogP contribution is 2.17. The molecule has 1 aromatic carbocycles. The van der Waals surface area contributed by atoms with E-state index in [1.54, 1.807) is 0 Å². The van der Waals surface area contributed by atoms with E-state index in [2.05, 4.69) is 53.2 Å². The predicted molar refractivity (Wildman–Crippen MR) is 80.2 cm³/mol. The molecule has 2 rings (SSSR count). The average Bonchev–Trinajstić information content (AvgIpc) is 2.45. The molecule has 18 heavy (non-hydrogen) atoms. The maximum atomic E-state index is 7.00. The number of aryl methyl sites for hydroxylation is 1. The fourth-order valence-corrected chi connectivity index (χ4v) is 1.89. The predicted octanol–water partition coefficient (Wildman–Crippen LogP) is 1.18. The van der Waals surface area contributed by atoms with E-state index in [9.17, 15) is 0 Å². The highest BCUT2D eigenvalue weighted by atomic mass is 32.1. The van der Waals surface area contributed by atoms with Crippen molar-refractivity contribution in [3.63, 3.8) is 0 Å². The van der Waals surface area contributed by atoms with Crippen LogP contribution < -0.4 is 4.90 Å². The minimum Gasteiger partial charge on any atom is -0.400 e. The molecule has 1 aromatic rings. The number of nitrogens with zero attached hydrogens (tertiary/aromatic N) is 2. The van der Waals surface area contributed by atoms with Gasteiger partial charge in [0.25, 0.3) is 0 Å². The summed E-state index contributed by atoms with van der Waals surface area (Å²) in [6.07, 6.45) is 0. The van der Waals surface area contributed by atoms with Crippen molar-refractivity contribution in [2.75, 3.05) is 45.3 Å². The topological polar surface area (TPSA) is 46.9 Å². The molecule has 2 N–H and O–H groups in total. The molecule has 0 bridgehead atoms. The third kappa shape index (κ3) is 5.73. The SMILES string of the molecule is CO.CO.Cc1ccc(N2CCN(S)CC2)cc1. The Morgan fingerprint density at radius 1 is 0.889 bits per heavy atom. The first-order valence-electron chi connectivity index (χ1n) is 5.90. The van der Waals surface area contributed by atoms with E-state index in [-0.39, 0.29) is 0 Å². The van der Waals surface area contributed by atoms with Gasteiger partial charge in [-0.2, -0.15) is 0 Å². The van der Waals surface area contributed by atoms with Gasteiger partial charge in [-0.05, 0) is 19.1 Å². The average molecular weight is 272 g/mol. The fourth-order valence-electron chi connectivity index (χ4n) is 1.71. The van der Waals surface area contributed by atoms with Crippen molar-refractivity contribution in [2.45, 2.75) is 6.92 Å². The highest BCUT2D eigenvalue weighted by Gasteiger charge is 2.14. The zero-order valence-corrected chi connectivity index (χ0v) is 12.3. The van der Waals surface area contributed by atoms with Gasteiger partial charge in [0.05, 0.1) is 0 Å². The minimum atomic E-state index is 1.00. The van der Waals surface area contributed by atoms with Crippen molar-refractivity contribution in [1.29, 1.82) is 0 Å². The number of thiol groups is 1. The van der Waals surface area contributed by atoms with Crippen LogP contribution in [0.1, 0.15) is 5.56 Å². The van der Waals surface area contributed by atoms with Gasteiger partial charge in [-0.1, -0.05) is 30.5 Å².